The maximum absolute atomic E-state index is 13.2. The first-order valence-electron chi connectivity index (χ1n) is 6.56. The number of hydrogen-bond donors (Lipinski definition) is 1. The summed E-state index contributed by atoms with van der Waals surface area (Å²) in [5, 5.41) is 0. The second-order valence-corrected chi connectivity index (χ2v) is 5.40. The molecule has 0 heterocycles. The first-order valence-corrected chi connectivity index (χ1v) is 6.56. The summed E-state index contributed by atoms with van der Waals surface area (Å²) >= 11 is 0. The number of benzene rings is 1. The zero-order chi connectivity index (χ0) is 13.9. The molecule has 0 radical (unpaired) electrons. The Morgan fingerprint density at radius 3 is 2.33 bits per heavy atom. The van der Waals surface area contributed by atoms with Crippen LogP contribution in [-0.4, -0.2) is 24.5 Å². The molecule has 18 heavy (non-hydrogen) atoms. The largest absolute Gasteiger partial charge is 0.329 e. The zero-order valence-electron chi connectivity index (χ0n) is 12.1. The summed E-state index contributed by atoms with van der Waals surface area (Å²) in [6.07, 6.45) is 0. The molecule has 0 saturated carbocycles. The van der Waals surface area contributed by atoms with Crippen molar-refractivity contribution in [1.82, 2.24) is 4.90 Å². The van der Waals surface area contributed by atoms with Crippen molar-refractivity contribution in [3.63, 3.8) is 0 Å². The third-order valence-electron chi connectivity index (χ3n) is 3.91. The lowest BCUT2D eigenvalue weighted by atomic mass is 9.96. The van der Waals surface area contributed by atoms with Crippen LogP contribution in [-0.2, 0) is 0 Å². The van der Waals surface area contributed by atoms with Gasteiger partial charge < -0.3 is 5.73 Å². The van der Waals surface area contributed by atoms with E-state index < -0.39 is 0 Å². The summed E-state index contributed by atoms with van der Waals surface area (Å²) in [6, 6.07) is 5.52. The highest BCUT2D eigenvalue weighted by atomic mass is 19.1. The Hall–Kier alpha value is -0.930. The molecule has 2 N–H and O–H groups in total. The predicted molar refractivity (Wildman–Crippen MR) is 75.0 cm³/mol. The number of hydrogen-bond acceptors (Lipinski definition) is 2. The Morgan fingerprint density at radius 2 is 1.89 bits per heavy atom. The molecular formula is C15H25FN2. The van der Waals surface area contributed by atoms with Crippen molar-refractivity contribution in [1.29, 1.82) is 0 Å². The van der Waals surface area contributed by atoms with Crippen LogP contribution in [0.1, 0.15) is 37.9 Å². The van der Waals surface area contributed by atoms with E-state index in [2.05, 4.69) is 32.7 Å². The summed E-state index contributed by atoms with van der Waals surface area (Å²) in [7, 11) is 2.09. The molecular weight excluding hydrogens is 227 g/mol. The van der Waals surface area contributed by atoms with Gasteiger partial charge in [-0.1, -0.05) is 19.9 Å². The third kappa shape index (κ3) is 3.30. The molecule has 1 rings (SSSR count). The quantitative estimate of drug-likeness (QED) is 0.872. The van der Waals surface area contributed by atoms with Crippen molar-refractivity contribution in [2.75, 3.05) is 13.6 Å². The topological polar surface area (TPSA) is 29.3 Å². The molecule has 0 bridgehead atoms. The maximum Gasteiger partial charge on any atom is 0.123 e. The monoisotopic (exact) mass is 252 g/mol. The molecule has 2 nitrogen and oxygen atoms in total. The molecule has 2 atom stereocenters. The fraction of sp³-hybridized carbons (Fsp3) is 0.600. The zero-order valence-corrected chi connectivity index (χ0v) is 12.1. The molecule has 0 saturated heterocycles. The van der Waals surface area contributed by atoms with Crippen LogP contribution in [0.2, 0.25) is 0 Å². The van der Waals surface area contributed by atoms with Gasteiger partial charge in [0.05, 0.1) is 0 Å². The van der Waals surface area contributed by atoms with Gasteiger partial charge in [-0.2, -0.15) is 0 Å². The highest BCUT2D eigenvalue weighted by Gasteiger charge is 2.23. The van der Waals surface area contributed by atoms with Crippen LogP contribution in [0.5, 0.6) is 0 Å². The normalized spacial score (nSPS) is 15.2. The van der Waals surface area contributed by atoms with Crippen LogP contribution in [0.4, 0.5) is 4.39 Å². The lowest BCUT2D eigenvalue weighted by Crippen LogP contribution is -2.40. The Bertz CT molecular complexity index is 390. The molecule has 1 aromatic carbocycles. The second kappa shape index (κ2) is 6.30. The van der Waals surface area contributed by atoms with Crippen LogP contribution in [0.25, 0.3) is 0 Å². The first-order chi connectivity index (χ1) is 8.38. The number of nitrogens with two attached hydrogens (primary N) is 1. The van der Waals surface area contributed by atoms with Crippen molar-refractivity contribution < 1.29 is 4.39 Å². The summed E-state index contributed by atoms with van der Waals surface area (Å²) in [5.41, 5.74) is 8.00. The fourth-order valence-corrected chi connectivity index (χ4v) is 2.28. The van der Waals surface area contributed by atoms with Crippen LogP contribution < -0.4 is 5.73 Å². The predicted octanol–water partition coefficient (Wildman–Crippen LogP) is 3.11. The van der Waals surface area contributed by atoms with E-state index in [-0.39, 0.29) is 11.9 Å². The Balaban J connectivity index is 3.02. The van der Waals surface area contributed by atoms with Crippen molar-refractivity contribution in [2.24, 2.45) is 11.7 Å². The molecule has 102 valence electrons. The molecule has 0 spiro atoms. The van der Waals surface area contributed by atoms with Crippen molar-refractivity contribution >= 4 is 0 Å². The third-order valence-corrected chi connectivity index (χ3v) is 3.91. The lowest BCUT2D eigenvalue weighted by molar-refractivity contribution is 0.151. The minimum atomic E-state index is -0.188. The van der Waals surface area contributed by atoms with E-state index in [1.807, 2.05) is 13.0 Å². The Kier molecular flexibility index (Phi) is 5.29. The van der Waals surface area contributed by atoms with Crippen molar-refractivity contribution in [3.05, 3.63) is 35.1 Å². The molecule has 0 fully saturated rings. The number of likely N-dealkylation sites (N-methyl/N-ethyl adjacent to an activating group) is 1. The van der Waals surface area contributed by atoms with Gasteiger partial charge in [0.1, 0.15) is 5.82 Å². The molecule has 2 unspecified atom stereocenters. The van der Waals surface area contributed by atoms with Gasteiger partial charge in [-0.05, 0) is 50.1 Å². The highest BCUT2D eigenvalue weighted by Crippen LogP contribution is 2.26. The summed E-state index contributed by atoms with van der Waals surface area (Å²) in [5.74, 6) is 0.372. The molecule has 1 aromatic rings. The van der Waals surface area contributed by atoms with Gasteiger partial charge in [0.15, 0.2) is 0 Å². The minimum absolute atomic E-state index is 0.142. The average molecular weight is 252 g/mol. The molecule has 0 aliphatic rings. The number of halogens is 1. The molecule has 0 aliphatic heterocycles. The van der Waals surface area contributed by atoms with Gasteiger partial charge in [-0.25, -0.2) is 4.39 Å². The summed E-state index contributed by atoms with van der Waals surface area (Å²) in [4.78, 5) is 2.28. The number of rotatable bonds is 5. The molecule has 0 aliphatic carbocycles. The van der Waals surface area contributed by atoms with Gasteiger partial charge in [0.2, 0.25) is 0 Å². The van der Waals surface area contributed by atoms with E-state index in [4.69, 9.17) is 5.73 Å². The van der Waals surface area contributed by atoms with E-state index in [0.29, 0.717) is 18.5 Å². The van der Waals surface area contributed by atoms with Gasteiger partial charge in [0.25, 0.3) is 0 Å². The van der Waals surface area contributed by atoms with E-state index in [0.717, 1.165) is 11.1 Å². The number of aryl methyl sites for hydroxylation is 1. The van der Waals surface area contributed by atoms with Crippen LogP contribution >= 0.6 is 0 Å². The highest BCUT2D eigenvalue weighted by molar-refractivity contribution is 5.30. The summed E-state index contributed by atoms with van der Waals surface area (Å²) < 4.78 is 13.2. The van der Waals surface area contributed by atoms with Crippen molar-refractivity contribution in [3.8, 4) is 0 Å². The second-order valence-electron chi connectivity index (χ2n) is 5.40. The Labute approximate surface area is 110 Å². The molecule has 0 aromatic heterocycles. The molecule has 3 heteroatoms. The van der Waals surface area contributed by atoms with E-state index in [1.54, 1.807) is 6.07 Å². The SMILES string of the molecule is Cc1cc(F)ccc1C(CN)N(C)C(C)C(C)C. The smallest absolute Gasteiger partial charge is 0.123 e. The minimum Gasteiger partial charge on any atom is -0.329 e. The number of nitrogens with zero attached hydrogens (tertiary/aromatic N) is 1. The van der Waals surface area contributed by atoms with Crippen LogP contribution in [0.3, 0.4) is 0 Å². The van der Waals surface area contributed by atoms with E-state index >= 15 is 0 Å². The van der Waals surface area contributed by atoms with Gasteiger partial charge in [-0.15, -0.1) is 0 Å². The standard InChI is InChI=1S/C15H25FN2/c1-10(2)12(4)18(5)15(9-17)14-7-6-13(16)8-11(14)3/h6-8,10,12,15H,9,17H2,1-5H3. The first kappa shape index (κ1) is 15.1. The van der Waals surface area contributed by atoms with Gasteiger partial charge >= 0.3 is 0 Å². The van der Waals surface area contributed by atoms with E-state index in [1.165, 1.54) is 6.07 Å². The fourth-order valence-electron chi connectivity index (χ4n) is 2.28. The van der Waals surface area contributed by atoms with Crippen LogP contribution in [0.15, 0.2) is 18.2 Å². The Morgan fingerprint density at radius 1 is 1.28 bits per heavy atom. The van der Waals surface area contributed by atoms with Crippen LogP contribution in [0, 0.1) is 18.7 Å². The van der Waals surface area contributed by atoms with E-state index in [9.17, 15) is 4.39 Å². The van der Waals surface area contributed by atoms with Gasteiger partial charge in [-0.3, -0.25) is 4.90 Å². The average Bonchev–Trinajstić information content (AvgIpc) is 2.31. The van der Waals surface area contributed by atoms with Gasteiger partial charge in [0, 0.05) is 18.6 Å². The maximum atomic E-state index is 13.2. The summed E-state index contributed by atoms with van der Waals surface area (Å²) in [6.45, 7) is 9.08. The lowest BCUT2D eigenvalue weighted by Gasteiger charge is -2.35. The molecule has 0 amide bonds. The van der Waals surface area contributed by atoms with Crippen molar-refractivity contribution in [2.45, 2.75) is 39.8 Å².